The van der Waals surface area contributed by atoms with Crippen molar-refractivity contribution >= 4 is 0 Å². The third-order valence-corrected chi connectivity index (χ3v) is 7.93. The molecule has 0 spiro atoms. The van der Waals surface area contributed by atoms with Gasteiger partial charge in [0.05, 0.1) is 6.61 Å². The Balaban J connectivity index is 1.91. The normalized spacial score (nSPS) is 14.0. The van der Waals surface area contributed by atoms with Crippen LogP contribution in [0, 0.1) is 0 Å². The van der Waals surface area contributed by atoms with Gasteiger partial charge in [0.1, 0.15) is 11.4 Å². The first-order valence-corrected chi connectivity index (χ1v) is 14.4. The third kappa shape index (κ3) is 7.19. The van der Waals surface area contributed by atoms with Crippen molar-refractivity contribution in [2.24, 2.45) is 0 Å². The lowest BCUT2D eigenvalue weighted by molar-refractivity contribution is 0.0489. The Kier molecular flexibility index (Phi) is 9.64. The van der Waals surface area contributed by atoms with Gasteiger partial charge in [-0.25, -0.2) is 0 Å². The molecule has 0 amide bonds. The van der Waals surface area contributed by atoms with Crippen molar-refractivity contribution in [2.75, 3.05) is 13.2 Å². The summed E-state index contributed by atoms with van der Waals surface area (Å²) in [6, 6.07) is 37.2. The van der Waals surface area contributed by atoms with Crippen LogP contribution in [0.1, 0.15) is 99.1 Å². The fraction of sp³-hybridized carbons (Fsp3) is 0.351. The fourth-order valence-electron chi connectivity index (χ4n) is 5.28. The monoisotopic (exact) mass is 520 g/mol. The van der Waals surface area contributed by atoms with Crippen molar-refractivity contribution in [3.05, 3.63) is 137 Å². The Bertz CT molecular complexity index is 1230. The smallest absolute Gasteiger partial charge is 0.127 e. The third-order valence-electron chi connectivity index (χ3n) is 7.93. The molecule has 3 atom stereocenters. The van der Waals surface area contributed by atoms with Gasteiger partial charge in [0.2, 0.25) is 0 Å². The van der Waals surface area contributed by atoms with Crippen molar-refractivity contribution < 1.29 is 9.47 Å². The zero-order chi connectivity index (χ0) is 27.8. The minimum absolute atomic E-state index is 0.175. The largest absolute Gasteiger partial charge is 0.487 e. The van der Waals surface area contributed by atoms with Crippen LogP contribution in [-0.4, -0.2) is 18.8 Å². The van der Waals surface area contributed by atoms with Crippen LogP contribution in [0.5, 0.6) is 5.75 Å². The molecule has 0 radical (unpaired) electrons. The topological polar surface area (TPSA) is 18.5 Å². The van der Waals surface area contributed by atoms with E-state index in [0.29, 0.717) is 13.2 Å². The van der Waals surface area contributed by atoms with E-state index in [9.17, 15) is 0 Å². The lowest BCUT2D eigenvalue weighted by Gasteiger charge is -2.33. The van der Waals surface area contributed by atoms with Crippen LogP contribution in [0.2, 0.25) is 0 Å². The van der Waals surface area contributed by atoms with Gasteiger partial charge in [0.25, 0.3) is 0 Å². The molecule has 0 saturated heterocycles. The highest BCUT2D eigenvalue weighted by molar-refractivity contribution is 5.54. The molecule has 0 aromatic heterocycles. The molecule has 0 aliphatic rings. The molecule has 3 unspecified atom stereocenters. The van der Waals surface area contributed by atoms with E-state index >= 15 is 0 Å². The average Bonchev–Trinajstić information content (AvgIpc) is 2.97. The molecule has 2 nitrogen and oxygen atoms in total. The van der Waals surface area contributed by atoms with E-state index in [4.69, 9.17) is 9.47 Å². The minimum atomic E-state index is -0.377. The molecule has 39 heavy (non-hydrogen) atoms. The number of ether oxygens (including phenoxy) is 2. The first kappa shape index (κ1) is 28.6. The van der Waals surface area contributed by atoms with Gasteiger partial charge in [-0.2, -0.15) is 0 Å². The molecule has 0 aliphatic heterocycles. The summed E-state index contributed by atoms with van der Waals surface area (Å²) >= 11 is 0. The first-order chi connectivity index (χ1) is 18.8. The van der Waals surface area contributed by atoms with Crippen LogP contribution in [0.4, 0.5) is 0 Å². The summed E-state index contributed by atoms with van der Waals surface area (Å²) in [5, 5.41) is 0. The number of benzene rings is 4. The van der Waals surface area contributed by atoms with E-state index < -0.39 is 0 Å². The van der Waals surface area contributed by atoms with E-state index in [-0.39, 0.29) is 23.4 Å². The number of hydrogen-bond acceptors (Lipinski definition) is 2. The molecule has 2 heteroatoms. The van der Waals surface area contributed by atoms with E-state index in [1.54, 1.807) is 0 Å². The van der Waals surface area contributed by atoms with Crippen molar-refractivity contribution in [2.45, 2.75) is 71.3 Å². The van der Waals surface area contributed by atoms with Crippen LogP contribution in [0.15, 0.2) is 103 Å². The molecule has 4 aromatic carbocycles. The lowest BCUT2D eigenvalue weighted by Crippen LogP contribution is -2.31. The highest BCUT2D eigenvalue weighted by atomic mass is 16.5. The number of hydrogen-bond donors (Lipinski definition) is 0. The molecule has 0 aliphatic carbocycles. The van der Waals surface area contributed by atoms with E-state index in [2.05, 4.69) is 138 Å². The molecule has 204 valence electrons. The molecular formula is C37H44O2. The second-order valence-electron chi connectivity index (χ2n) is 11.2. The van der Waals surface area contributed by atoms with Crippen molar-refractivity contribution in [1.82, 2.24) is 0 Å². The summed E-state index contributed by atoms with van der Waals surface area (Å²) in [5.74, 6) is 1.62. The van der Waals surface area contributed by atoms with Crippen molar-refractivity contribution in [3.63, 3.8) is 0 Å². The van der Waals surface area contributed by atoms with E-state index in [1.165, 1.54) is 33.4 Å². The highest BCUT2D eigenvalue weighted by Crippen LogP contribution is 2.44. The molecular weight excluding hydrogens is 476 g/mol. The van der Waals surface area contributed by atoms with E-state index in [1.807, 2.05) is 6.92 Å². The van der Waals surface area contributed by atoms with Gasteiger partial charge in [-0.05, 0) is 43.0 Å². The van der Waals surface area contributed by atoms with Crippen LogP contribution in [0.3, 0.4) is 0 Å². The molecule has 0 heterocycles. The van der Waals surface area contributed by atoms with Gasteiger partial charge in [0.15, 0.2) is 0 Å². The maximum Gasteiger partial charge on any atom is 0.127 e. The maximum atomic E-state index is 7.06. The van der Waals surface area contributed by atoms with Gasteiger partial charge < -0.3 is 9.47 Å². The quantitative estimate of drug-likeness (QED) is 0.173. The Hall–Kier alpha value is -3.36. The van der Waals surface area contributed by atoms with Gasteiger partial charge >= 0.3 is 0 Å². The Morgan fingerprint density at radius 2 is 1.00 bits per heavy atom. The van der Waals surface area contributed by atoms with Gasteiger partial charge in [-0.15, -0.1) is 0 Å². The Morgan fingerprint density at radius 3 is 1.41 bits per heavy atom. The molecule has 4 rings (SSSR count). The number of rotatable bonds is 12. The van der Waals surface area contributed by atoms with Crippen LogP contribution < -0.4 is 4.74 Å². The second kappa shape index (κ2) is 13.1. The zero-order valence-corrected chi connectivity index (χ0v) is 24.5. The van der Waals surface area contributed by atoms with Gasteiger partial charge in [-0.3, -0.25) is 0 Å². The predicted octanol–water partition coefficient (Wildman–Crippen LogP) is 9.73. The molecule has 0 N–H and O–H groups in total. The summed E-state index contributed by atoms with van der Waals surface area (Å²) in [6.07, 6.45) is 0.821. The Morgan fingerprint density at radius 1 is 0.590 bits per heavy atom. The average molecular weight is 521 g/mol. The van der Waals surface area contributed by atoms with Crippen LogP contribution in [0.25, 0.3) is 0 Å². The van der Waals surface area contributed by atoms with Crippen LogP contribution in [-0.2, 0) is 4.74 Å². The summed E-state index contributed by atoms with van der Waals surface area (Å²) in [5.41, 5.74) is 7.32. The molecule has 4 aromatic rings. The summed E-state index contributed by atoms with van der Waals surface area (Å²) in [6.45, 7) is 14.7. The minimum Gasteiger partial charge on any atom is -0.487 e. The fourth-order valence-corrected chi connectivity index (χ4v) is 5.28. The SMILES string of the molecule is CCOCCC(C)(C)Oc1c(C(C)c2ccccc2)cc(C(C)c2ccccc2)cc1C(C)c1ccccc1. The zero-order valence-electron chi connectivity index (χ0n) is 24.5. The van der Waals surface area contributed by atoms with Gasteiger partial charge in [0, 0.05) is 41.9 Å². The van der Waals surface area contributed by atoms with Gasteiger partial charge in [-0.1, -0.05) is 124 Å². The molecule has 0 fully saturated rings. The maximum absolute atomic E-state index is 7.06. The first-order valence-electron chi connectivity index (χ1n) is 14.4. The Labute approximate surface area is 236 Å². The molecule has 0 saturated carbocycles. The summed E-state index contributed by atoms with van der Waals surface area (Å²) < 4.78 is 12.8. The lowest BCUT2D eigenvalue weighted by atomic mass is 9.81. The van der Waals surface area contributed by atoms with Crippen molar-refractivity contribution in [3.8, 4) is 5.75 Å². The molecule has 0 bridgehead atoms. The highest BCUT2D eigenvalue weighted by Gasteiger charge is 2.29. The van der Waals surface area contributed by atoms with Crippen molar-refractivity contribution in [1.29, 1.82) is 0 Å². The standard InChI is InChI=1S/C37H44O2/c1-7-38-24-23-37(5,6)39-36-34(28(3)31-19-13-9-14-20-31)25-33(27(2)30-17-11-8-12-18-30)26-35(36)29(4)32-21-15-10-16-22-32/h8-22,25-29H,7,23-24H2,1-6H3. The van der Waals surface area contributed by atoms with E-state index in [0.717, 1.165) is 12.2 Å². The summed E-state index contributed by atoms with van der Waals surface area (Å²) in [4.78, 5) is 0. The summed E-state index contributed by atoms with van der Waals surface area (Å²) in [7, 11) is 0. The predicted molar refractivity (Wildman–Crippen MR) is 164 cm³/mol. The van der Waals surface area contributed by atoms with Crippen LogP contribution >= 0.6 is 0 Å². The second-order valence-corrected chi connectivity index (χ2v) is 11.2.